The maximum absolute atomic E-state index is 12.0. The van der Waals surface area contributed by atoms with E-state index in [-0.39, 0.29) is 5.91 Å². The summed E-state index contributed by atoms with van der Waals surface area (Å²) in [5, 5.41) is 6.77. The van der Waals surface area contributed by atoms with Crippen molar-refractivity contribution < 1.29 is 9.53 Å². The number of benzene rings is 1. The number of carbonyl (C=O) groups excluding carboxylic acids is 1. The van der Waals surface area contributed by atoms with Crippen LogP contribution in [-0.2, 0) is 9.53 Å². The zero-order valence-corrected chi connectivity index (χ0v) is 9.30. The summed E-state index contributed by atoms with van der Waals surface area (Å²) >= 11 is 5.92. The Hall–Kier alpha value is -1.26. The average Bonchev–Trinajstić information content (AvgIpc) is 2.70. The molecule has 0 radical (unpaired) electrons. The van der Waals surface area contributed by atoms with Crippen LogP contribution in [0.3, 0.4) is 0 Å². The number of fused-ring (bicyclic) bond motifs is 1. The summed E-state index contributed by atoms with van der Waals surface area (Å²) in [5.74, 6) is -0.0279. The molecule has 1 unspecified atom stereocenters. The first-order valence-corrected chi connectivity index (χ1v) is 5.54. The minimum Gasteiger partial charge on any atom is -0.378 e. The van der Waals surface area contributed by atoms with Crippen molar-refractivity contribution in [3.05, 3.63) is 23.2 Å². The SMILES string of the molecule is O=C1Nc2ccc(Cl)cc2NC12CCOC2. The molecule has 84 valence electrons. The molecule has 0 aromatic heterocycles. The molecule has 2 N–H and O–H groups in total. The van der Waals surface area contributed by atoms with E-state index < -0.39 is 5.54 Å². The second kappa shape index (κ2) is 3.37. The van der Waals surface area contributed by atoms with Gasteiger partial charge in [-0.15, -0.1) is 0 Å². The van der Waals surface area contributed by atoms with Crippen molar-refractivity contribution in [1.82, 2.24) is 0 Å². The van der Waals surface area contributed by atoms with Crippen LogP contribution < -0.4 is 10.6 Å². The molecule has 2 heterocycles. The van der Waals surface area contributed by atoms with E-state index in [1.165, 1.54) is 0 Å². The van der Waals surface area contributed by atoms with Gasteiger partial charge < -0.3 is 15.4 Å². The number of anilines is 2. The Morgan fingerprint density at radius 3 is 3.00 bits per heavy atom. The summed E-state index contributed by atoms with van der Waals surface area (Å²) in [6.07, 6.45) is 0.685. The van der Waals surface area contributed by atoms with Gasteiger partial charge in [-0.3, -0.25) is 4.79 Å². The molecule has 1 amide bonds. The van der Waals surface area contributed by atoms with E-state index in [1.54, 1.807) is 12.1 Å². The monoisotopic (exact) mass is 238 g/mol. The highest BCUT2D eigenvalue weighted by Crippen LogP contribution is 2.36. The first kappa shape index (κ1) is 9.93. The van der Waals surface area contributed by atoms with Crippen molar-refractivity contribution in [3.8, 4) is 0 Å². The lowest BCUT2D eigenvalue weighted by Crippen LogP contribution is -2.53. The number of amides is 1. The lowest BCUT2D eigenvalue weighted by molar-refractivity contribution is -0.120. The standard InChI is InChI=1S/C11H11ClN2O2/c12-7-1-2-8-9(5-7)14-11(10(15)13-8)3-4-16-6-11/h1-2,5,14H,3-4,6H2,(H,13,15). The molecule has 1 aromatic rings. The number of hydrogen-bond donors (Lipinski definition) is 2. The molecule has 1 atom stereocenters. The minimum absolute atomic E-state index is 0.0279. The second-order valence-electron chi connectivity index (χ2n) is 4.15. The number of ether oxygens (including phenoxy) is 1. The third-order valence-corrected chi connectivity index (χ3v) is 3.30. The topological polar surface area (TPSA) is 50.4 Å². The molecule has 1 saturated heterocycles. The molecule has 1 aromatic carbocycles. The van der Waals surface area contributed by atoms with Crippen molar-refractivity contribution in [2.24, 2.45) is 0 Å². The third kappa shape index (κ3) is 1.37. The molecule has 1 fully saturated rings. The Kier molecular flexibility index (Phi) is 2.09. The number of rotatable bonds is 0. The van der Waals surface area contributed by atoms with Gasteiger partial charge in [0.25, 0.3) is 5.91 Å². The normalized spacial score (nSPS) is 27.4. The van der Waals surface area contributed by atoms with Crippen molar-refractivity contribution in [3.63, 3.8) is 0 Å². The molecule has 2 aliphatic heterocycles. The van der Waals surface area contributed by atoms with Crippen LogP contribution in [0, 0.1) is 0 Å². The van der Waals surface area contributed by atoms with Gasteiger partial charge in [-0.25, -0.2) is 0 Å². The molecule has 5 heteroatoms. The van der Waals surface area contributed by atoms with Crippen molar-refractivity contribution in [2.75, 3.05) is 23.8 Å². The molecule has 0 saturated carbocycles. The summed E-state index contributed by atoms with van der Waals surface area (Å²) in [4.78, 5) is 12.0. The predicted molar refractivity (Wildman–Crippen MR) is 61.9 cm³/mol. The van der Waals surface area contributed by atoms with Crippen LogP contribution in [0.1, 0.15) is 6.42 Å². The summed E-state index contributed by atoms with van der Waals surface area (Å²) in [5.41, 5.74) is 1.02. The maximum atomic E-state index is 12.0. The molecule has 4 nitrogen and oxygen atoms in total. The fourth-order valence-corrected chi connectivity index (χ4v) is 2.30. The molecule has 16 heavy (non-hydrogen) atoms. The molecule has 1 spiro atoms. The Morgan fingerprint density at radius 2 is 2.25 bits per heavy atom. The van der Waals surface area contributed by atoms with Crippen molar-refractivity contribution in [2.45, 2.75) is 12.0 Å². The maximum Gasteiger partial charge on any atom is 0.252 e. The number of hydrogen-bond acceptors (Lipinski definition) is 3. The molecule has 0 aliphatic carbocycles. The zero-order valence-electron chi connectivity index (χ0n) is 8.55. The van der Waals surface area contributed by atoms with Gasteiger partial charge in [0.05, 0.1) is 18.0 Å². The van der Waals surface area contributed by atoms with E-state index in [0.717, 1.165) is 11.4 Å². The molecule has 3 rings (SSSR count). The highest BCUT2D eigenvalue weighted by Gasteiger charge is 2.45. The van der Waals surface area contributed by atoms with Gasteiger partial charge in [-0.1, -0.05) is 11.6 Å². The summed E-state index contributed by atoms with van der Waals surface area (Å²) in [7, 11) is 0. The first-order valence-electron chi connectivity index (χ1n) is 5.17. The van der Waals surface area contributed by atoms with Gasteiger partial charge in [0.15, 0.2) is 0 Å². The van der Waals surface area contributed by atoms with E-state index in [9.17, 15) is 4.79 Å². The molecular weight excluding hydrogens is 228 g/mol. The van der Waals surface area contributed by atoms with E-state index >= 15 is 0 Å². The summed E-state index contributed by atoms with van der Waals surface area (Å²) in [6.45, 7) is 1.01. The molecular formula is C11H11ClN2O2. The van der Waals surface area contributed by atoms with Crippen LogP contribution in [0.25, 0.3) is 0 Å². The smallest absolute Gasteiger partial charge is 0.252 e. The quantitative estimate of drug-likeness (QED) is 0.726. The van der Waals surface area contributed by atoms with Crippen LogP contribution >= 0.6 is 11.6 Å². The van der Waals surface area contributed by atoms with Gasteiger partial charge in [-0.05, 0) is 18.2 Å². The van der Waals surface area contributed by atoms with Gasteiger partial charge in [-0.2, -0.15) is 0 Å². The van der Waals surface area contributed by atoms with Crippen LogP contribution in [0.15, 0.2) is 18.2 Å². The fraction of sp³-hybridized carbons (Fsp3) is 0.364. The Balaban J connectivity index is 2.02. The van der Waals surface area contributed by atoms with Gasteiger partial charge >= 0.3 is 0 Å². The summed E-state index contributed by atoms with van der Waals surface area (Å²) in [6, 6.07) is 5.37. The second-order valence-corrected chi connectivity index (χ2v) is 4.59. The largest absolute Gasteiger partial charge is 0.378 e. The van der Waals surface area contributed by atoms with Crippen LogP contribution in [0.5, 0.6) is 0 Å². The highest BCUT2D eigenvalue weighted by atomic mass is 35.5. The average molecular weight is 239 g/mol. The Morgan fingerprint density at radius 1 is 1.38 bits per heavy atom. The van der Waals surface area contributed by atoms with Gasteiger partial charge in [0, 0.05) is 18.1 Å². The molecule has 0 bridgehead atoms. The lowest BCUT2D eigenvalue weighted by Gasteiger charge is -2.34. The highest BCUT2D eigenvalue weighted by molar-refractivity contribution is 6.31. The Labute approximate surface area is 97.9 Å². The predicted octanol–water partition coefficient (Wildman–Crippen LogP) is 1.86. The van der Waals surface area contributed by atoms with Crippen molar-refractivity contribution in [1.29, 1.82) is 0 Å². The van der Waals surface area contributed by atoms with Gasteiger partial charge in [0.1, 0.15) is 5.54 Å². The van der Waals surface area contributed by atoms with Crippen LogP contribution in [-0.4, -0.2) is 24.7 Å². The lowest BCUT2D eigenvalue weighted by atomic mass is 9.94. The number of nitrogens with one attached hydrogen (secondary N) is 2. The van der Waals surface area contributed by atoms with Gasteiger partial charge in [0.2, 0.25) is 0 Å². The Bertz CT molecular complexity index is 455. The van der Waals surface area contributed by atoms with Crippen molar-refractivity contribution >= 4 is 28.9 Å². The number of halogens is 1. The van der Waals surface area contributed by atoms with Crippen LogP contribution in [0.4, 0.5) is 11.4 Å². The summed E-state index contributed by atoms with van der Waals surface area (Å²) < 4.78 is 5.30. The van der Waals surface area contributed by atoms with E-state index in [2.05, 4.69) is 10.6 Å². The van der Waals surface area contributed by atoms with Crippen LogP contribution in [0.2, 0.25) is 5.02 Å². The van der Waals surface area contributed by atoms with E-state index in [0.29, 0.717) is 24.7 Å². The van der Waals surface area contributed by atoms with E-state index in [1.807, 2.05) is 6.07 Å². The fourth-order valence-electron chi connectivity index (χ4n) is 2.13. The van der Waals surface area contributed by atoms with E-state index in [4.69, 9.17) is 16.3 Å². The number of carbonyl (C=O) groups is 1. The molecule has 2 aliphatic rings. The third-order valence-electron chi connectivity index (χ3n) is 3.06. The first-order chi connectivity index (χ1) is 7.70. The minimum atomic E-state index is -0.613. The zero-order chi connectivity index (χ0) is 11.2.